The molecule has 1 saturated heterocycles. The molecule has 0 bridgehead atoms. The highest BCUT2D eigenvalue weighted by molar-refractivity contribution is 5.72. The Hall–Kier alpha value is -1.39. The Morgan fingerprint density at radius 2 is 2.22 bits per heavy atom. The number of rotatable bonds is 4. The molecule has 18 heavy (non-hydrogen) atoms. The van der Waals surface area contributed by atoms with Crippen LogP contribution in [0.1, 0.15) is 12.5 Å². The fourth-order valence-electron chi connectivity index (χ4n) is 2.25. The number of carbonyl (C=O) groups is 1. The van der Waals surface area contributed by atoms with Crippen molar-refractivity contribution in [1.82, 2.24) is 4.90 Å². The molecule has 0 radical (unpaired) electrons. The van der Waals surface area contributed by atoms with Gasteiger partial charge < -0.3 is 9.84 Å². The number of hydrogen-bond acceptors (Lipinski definition) is 3. The third-order valence-electron chi connectivity index (χ3n) is 3.38. The summed E-state index contributed by atoms with van der Waals surface area (Å²) in [6.07, 6.45) is 0.923. The monoisotopic (exact) mass is 249 g/mol. The molecule has 0 aliphatic carbocycles. The first-order valence-electron chi connectivity index (χ1n) is 6.29. The largest absolute Gasteiger partial charge is 0.480 e. The second kappa shape index (κ2) is 5.98. The summed E-state index contributed by atoms with van der Waals surface area (Å²) in [7, 11) is 0. The highest BCUT2D eigenvalue weighted by atomic mass is 16.5. The van der Waals surface area contributed by atoms with E-state index >= 15 is 0 Å². The fraction of sp³-hybridized carbons (Fsp3) is 0.500. The summed E-state index contributed by atoms with van der Waals surface area (Å²) >= 11 is 0. The Bertz CT molecular complexity index is 393. The summed E-state index contributed by atoms with van der Waals surface area (Å²) in [6, 6.07) is 9.72. The summed E-state index contributed by atoms with van der Waals surface area (Å²) in [6.45, 7) is 3.71. The second-order valence-corrected chi connectivity index (χ2v) is 4.69. The van der Waals surface area contributed by atoms with Crippen LogP contribution < -0.4 is 0 Å². The Morgan fingerprint density at radius 3 is 2.89 bits per heavy atom. The molecule has 0 spiro atoms. The van der Waals surface area contributed by atoms with Gasteiger partial charge in [-0.1, -0.05) is 30.3 Å². The molecular formula is C14H19NO3. The van der Waals surface area contributed by atoms with E-state index in [2.05, 4.69) is 12.1 Å². The van der Waals surface area contributed by atoms with Crippen molar-refractivity contribution in [2.75, 3.05) is 19.7 Å². The van der Waals surface area contributed by atoms with Crippen molar-refractivity contribution in [3.05, 3.63) is 35.9 Å². The summed E-state index contributed by atoms with van der Waals surface area (Å²) in [5, 5.41) is 9.03. The van der Waals surface area contributed by atoms with Gasteiger partial charge >= 0.3 is 5.97 Å². The molecule has 1 aromatic rings. The molecule has 0 saturated carbocycles. The molecule has 1 aliphatic heterocycles. The molecular weight excluding hydrogens is 230 g/mol. The van der Waals surface area contributed by atoms with Crippen LogP contribution in [0.25, 0.3) is 0 Å². The number of carboxylic acid groups (broad SMARTS) is 1. The van der Waals surface area contributed by atoms with Gasteiger partial charge in [-0.25, -0.2) is 0 Å². The van der Waals surface area contributed by atoms with Gasteiger partial charge in [0.15, 0.2) is 0 Å². The van der Waals surface area contributed by atoms with Gasteiger partial charge in [-0.3, -0.25) is 9.69 Å². The van der Waals surface area contributed by atoms with Crippen LogP contribution in [0.4, 0.5) is 0 Å². The van der Waals surface area contributed by atoms with Gasteiger partial charge in [-0.2, -0.15) is 0 Å². The van der Waals surface area contributed by atoms with E-state index in [1.807, 2.05) is 23.1 Å². The zero-order chi connectivity index (χ0) is 13.0. The molecule has 2 rings (SSSR count). The van der Waals surface area contributed by atoms with Crippen molar-refractivity contribution in [3.8, 4) is 0 Å². The predicted molar refractivity (Wildman–Crippen MR) is 68.6 cm³/mol. The Balaban J connectivity index is 1.93. The van der Waals surface area contributed by atoms with Crippen molar-refractivity contribution in [2.24, 2.45) is 0 Å². The van der Waals surface area contributed by atoms with E-state index in [9.17, 15) is 4.79 Å². The highest BCUT2D eigenvalue weighted by Gasteiger charge is 2.27. The van der Waals surface area contributed by atoms with E-state index in [0.717, 1.165) is 6.42 Å². The van der Waals surface area contributed by atoms with Gasteiger partial charge in [0.1, 0.15) is 6.04 Å². The number of aliphatic carboxylic acids is 1. The topological polar surface area (TPSA) is 49.8 Å². The molecule has 2 unspecified atom stereocenters. The quantitative estimate of drug-likeness (QED) is 0.876. The van der Waals surface area contributed by atoms with Gasteiger partial charge in [0.25, 0.3) is 0 Å². The van der Waals surface area contributed by atoms with Crippen molar-refractivity contribution in [2.45, 2.75) is 25.5 Å². The van der Waals surface area contributed by atoms with Crippen LogP contribution in [-0.4, -0.2) is 47.8 Å². The van der Waals surface area contributed by atoms with Crippen molar-refractivity contribution < 1.29 is 14.6 Å². The van der Waals surface area contributed by atoms with Gasteiger partial charge in [0.05, 0.1) is 12.7 Å². The maximum absolute atomic E-state index is 11.0. The SMILES string of the molecule is CC(C(=O)O)N1CCOC(Cc2ccccc2)C1. The maximum Gasteiger partial charge on any atom is 0.320 e. The lowest BCUT2D eigenvalue weighted by Crippen LogP contribution is -2.50. The summed E-state index contributed by atoms with van der Waals surface area (Å²) < 4.78 is 5.71. The Kier molecular flexibility index (Phi) is 4.33. The van der Waals surface area contributed by atoms with Crippen LogP contribution in [0.5, 0.6) is 0 Å². The molecule has 1 heterocycles. The summed E-state index contributed by atoms with van der Waals surface area (Å²) in [5.74, 6) is -0.768. The first-order chi connectivity index (χ1) is 8.66. The minimum Gasteiger partial charge on any atom is -0.480 e. The van der Waals surface area contributed by atoms with Crippen LogP contribution in [0.3, 0.4) is 0 Å². The summed E-state index contributed by atoms with van der Waals surface area (Å²) in [5.41, 5.74) is 1.23. The number of hydrogen-bond donors (Lipinski definition) is 1. The number of nitrogens with zero attached hydrogens (tertiary/aromatic N) is 1. The zero-order valence-corrected chi connectivity index (χ0v) is 10.6. The third kappa shape index (κ3) is 3.31. The van der Waals surface area contributed by atoms with E-state index < -0.39 is 12.0 Å². The van der Waals surface area contributed by atoms with E-state index in [0.29, 0.717) is 19.7 Å². The number of carboxylic acids is 1. The Morgan fingerprint density at radius 1 is 1.50 bits per heavy atom. The van der Waals surface area contributed by atoms with E-state index in [1.165, 1.54) is 5.56 Å². The molecule has 0 aromatic heterocycles. The van der Waals surface area contributed by atoms with Crippen molar-refractivity contribution >= 4 is 5.97 Å². The lowest BCUT2D eigenvalue weighted by molar-refractivity contribution is -0.145. The first-order valence-corrected chi connectivity index (χ1v) is 6.29. The molecule has 4 nitrogen and oxygen atoms in total. The number of benzene rings is 1. The molecule has 98 valence electrons. The molecule has 4 heteroatoms. The van der Waals surface area contributed by atoms with E-state index in [1.54, 1.807) is 6.92 Å². The standard InChI is InChI=1S/C14H19NO3/c1-11(14(16)17)15-7-8-18-13(10-15)9-12-5-3-2-4-6-12/h2-6,11,13H,7-10H2,1H3,(H,16,17). The predicted octanol–water partition coefficient (Wildman–Crippen LogP) is 1.40. The highest BCUT2D eigenvalue weighted by Crippen LogP contribution is 2.13. The Labute approximate surface area is 107 Å². The third-order valence-corrected chi connectivity index (χ3v) is 3.38. The summed E-state index contributed by atoms with van der Waals surface area (Å²) in [4.78, 5) is 13.0. The molecule has 1 aliphatic rings. The van der Waals surface area contributed by atoms with Crippen LogP contribution in [-0.2, 0) is 16.0 Å². The van der Waals surface area contributed by atoms with Crippen molar-refractivity contribution in [3.63, 3.8) is 0 Å². The zero-order valence-electron chi connectivity index (χ0n) is 10.6. The van der Waals surface area contributed by atoms with Gasteiger partial charge in [0.2, 0.25) is 0 Å². The maximum atomic E-state index is 11.0. The van der Waals surface area contributed by atoms with Crippen molar-refractivity contribution in [1.29, 1.82) is 0 Å². The van der Waals surface area contributed by atoms with Gasteiger partial charge in [0, 0.05) is 13.1 Å². The normalized spacial score (nSPS) is 22.6. The molecule has 1 fully saturated rings. The molecule has 1 N–H and O–H groups in total. The van der Waals surface area contributed by atoms with Crippen LogP contribution in [0.15, 0.2) is 30.3 Å². The lowest BCUT2D eigenvalue weighted by Gasteiger charge is -2.35. The first kappa shape index (κ1) is 13.1. The number of ether oxygens (including phenoxy) is 1. The lowest BCUT2D eigenvalue weighted by atomic mass is 10.1. The average molecular weight is 249 g/mol. The van der Waals surface area contributed by atoms with E-state index in [-0.39, 0.29) is 6.10 Å². The van der Waals surface area contributed by atoms with Crippen LogP contribution in [0.2, 0.25) is 0 Å². The van der Waals surface area contributed by atoms with Gasteiger partial charge in [-0.15, -0.1) is 0 Å². The molecule has 1 aromatic carbocycles. The average Bonchev–Trinajstić information content (AvgIpc) is 2.39. The minimum atomic E-state index is -0.768. The van der Waals surface area contributed by atoms with Crippen LogP contribution >= 0.6 is 0 Å². The van der Waals surface area contributed by atoms with Gasteiger partial charge in [-0.05, 0) is 18.9 Å². The molecule has 2 atom stereocenters. The fourth-order valence-corrected chi connectivity index (χ4v) is 2.25. The van der Waals surface area contributed by atoms with E-state index in [4.69, 9.17) is 9.84 Å². The van der Waals surface area contributed by atoms with Crippen LogP contribution in [0, 0.1) is 0 Å². The molecule has 0 amide bonds. The smallest absolute Gasteiger partial charge is 0.320 e. The second-order valence-electron chi connectivity index (χ2n) is 4.69. The number of morpholine rings is 1. The minimum absolute atomic E-state index is 0.0861.